The molecule has 0 fully saturated rings. The lowest BCUT2D eigenvalue weighted by Gasteiger charge is -2.24. The van der Waals surface area contributed by atoms with Crippen molar-refractivity contribution in [3.63, 3.8) is 0 Å². The van der Waals surface area contributed by atoms with Crippen molar-refractivity contribution in [1.82, 2.24) is 5.32 Å². The summed E-state index contributed by atoms with van der Waals surface area (Å²) in [6.45, 7) is 4.30. The Morgan fingerprint density at radius 3 is 2.33 bits per heavy atom. The van der Waals surface area contributed by atoms with E-state index in [1.165, 1.54) is 5.56 Å². The molecule has 0 saturated heterocycles. The molecule has 2 aromatic rings. The summed E-state index contributed by atoms with van der Waals surface area (Å²) in [5.41, 5.74) is 2.34. The van der Waals surface area contributed by atoms with E-state index >= 15 is 0 Å². The van der Waals surface area contributed by atoms with Gasteiger partial charge in [0.15, 0.2) is 0 Å². The average molecular weight is 387 g/mol. The zero-order chi connectivity index (χ0) is 15.4. The third kappa shape index (κ3) is 4.46. The van der Waals surface area contributed by atoms with Crippen LogP contribution >= 0.6 is 39.1 Å². The molecular weight excluding hydrogens is 369 g/mol. The molecule has 112 valence electrons. The minimum absolute atomic E-state index is 0.156. The van der Waals surface area contributed by atoms with Gasteiger partial charge in [0.2, 0.25) is 0 Å². The van der Waals surface area contributed by atoms with Gasteiger partial charge in [-0.2, -0.15) is 0 Å². The van der Waals surface area contributed by atoms with Crippen LogP contribution in [0.4, 0.5) is 0 Å². The van der Waals surface area contributed by atoms with Crippen LogP contribution in [0.2, 0.25) is 10.0 Å². The number of hydrogen-bond acceptors (Lipinski definition) is 1. The van der Waals surface area contributed by atoms with Gasteiger partial charge in [0, 0.05) is 26.6 Å². The number of nitrogens with one attached hydrogen (secondary N) is 1. The molecule has 0 amide bonds. The van der Waals surface area contributed by atoms with Gasteiger partial charge in [-0.25, -0.2) is 0 Å². The number of hydrogen-bond donors (Lipinski definition) is 1. The van der Waals surface area contributed by atoms with Crippen LogP contribution in [0.25, 0.3) is 0 Å². The lowest BCUT2D eigenvalue weighted by Crippen LogP contribution is -2.24. The second-order valence-corrected chi connectivity index (χ2v) is 6.83. The lowest BCUT2D eigenvalue weighted by atomic mass is 10.0. The molecule has 0 bridgehead atoms. The fourth-order valence-electron chi connectivity index (χ4n) is 2.39. The summed E-state index contributed by atoms with van der Waals surface area (Å²) in [5, 5.41) is 5.00. The molecule has 2 atom stereocenters. The largest absolute Gasteiger partial charge is 0.303 e. The van der Waals surface area contributed by atoms with E-state index in [9.17, 15) is 0 Å². The normalized spacial score (nSPS) is 14.0. The van der Waals surface area contributed by atoms with Crippen LogP contribution in [0, 0.1) is 0 Å². The SMILES string of the molecule is CCC(NC(C)c1ccc(Cl)cc1Cl)c1ccc(Br)cc1. The quantitative estimate of drug-likeness (QED) is 0.613. The van der Waals surface area contributed by atoms with E-state index in [0.717, 1.165) is 16.5 Å². The van der Waals surface area contributed by atoms with Gasteiger partial charge in [-0.1, -0.05) is 64.3 Å². The van der Waals surface area contributed by atoms with Crippen molar-refractivity contribution in [2.45, 2.75) is 32.4 Å². The third-order valence-electron chi connectivity index (χ3n) is 3.56. The Labute approximate surface area is 144 Å². The Hall–Kier alpha value is -0.540. The van der Waals surface area contributed by atoms with Gasteiger partial charge in [-0.15, -0.1) is 0 Å². The molecule has 0 saturated carbocycles. The maximum absolute atomic E-state index is 6.29. The van der Waals surface area contributed by atoms with E-state index in [0.29, 0.717) is 16.1 Å². The van der Waals surface area contributed by atoms with Crippen LogP contribution in [-0.4, -0.2) is 0 Å². The van der Waals surface area contributed by atoms with Crippen molar-refractivity contribution in [2.24, 2.45) is 0 Å². The number of rotatable bonds is 5. The average Bonchev–Trinajstić information content (AvgIpc) is 2.45. The van der Waals surface area contributed by atoms with Crippen LogP contribution < -0.4 is 5.32 Å². The molecule has 0 heterocycles. The first-order chi connectivity index (χ1) is 10.0. The molecule has 0 aromatic heterocycles. The minimum Gasteiger partial charge on any atom is -0.303 e. The topological polar surface area (TPSA) is 12.0 Å². The minimum atomic E-state index is 0.156. The van der Waals surface area contributed by atoms with Crippen LogP contribution in [0.1, 0.15) is 43.5 Å². The summed E-state index contributed by atoms with van der Waals surface area (Å²) < 4.78 is 1.09. The maximum atomic E-state index is 6.29. The van der Waals surface area contributed by atoms with Crippen molar-refractivity contribution in [3.05, 3.63) is 68.1 Å². The van der Waals surface area contributed by atoms with Crippen LogP contribution in [0.5, 0.6) is 0 Å². The van der Waals surface area contributed by atoms with E-state index in [-0.39, 0.29) is 6.04 Å². The Kier molecular flexibility index (Phi) is 6.12. The first kappa shape index (κ1) is 16.8. The summed E-state index contributed by atoms with van der Waals surface area (Å²) in [6.07, 6.45) is 1.01. The summed E-state index contributed by atoms with van der Waals surface area (Å²) in [4.78, 5) is 0. The Bertz CT molecular complexity index is 598. The molecule has 1 N–H and O–H groups in total. The highest BCUT2D eigenvalue weighted by atomic mass is 79.9. The standard InChI is InChI=1S/C17H18BrCl2N/c1-3-17(12-4-6-13(18)7-5-12)21-11(2)15-9-8-14(19)10-16(15)20/h4-11,17,21H,3H2,1-2H3. The van der Waals surface area contributed by atoms with Gasteiger partial charge in [0.1, 0.15) is 0 Å². The fourth-order valence-corrected chi connectivity index (χ4v) is 3.23. The first-order valence-corrected chi connectivity index (χ1v) is 8.52. The van der Waals surface area contributed by atoms with E-state index in [1.54, 1.807) is 6.07 Å². The smallest absolute Gasteiger partial charge is 0.0468 e. The molecule has 1 nitrogen and oxygen atoms in total. The zero-order valence-corrected chi connectivity index (χ0v) is 15.1. The summed E-state index contributed by atoms with van der Waals surface area (Å²) >= 11 is 15.7. The molecule has 0 aliphatic rings. The predicted octanol–water partition coefficient (Wildman–Crippen LogP) is 6.56. The lowest BCUT2D eigenvalue weighted by molar-refractivity contribution is 0.456. The molecule has 2 rings (SSSR count). The monoisotopic (exact) mass is 385 g/mol. The predicted molar refractivity (Wildman–Crippen MR) is 95.2 cm³/mol. The highest BCUT2D eigenvalue weighted by Crippen LogP contribution is 2.29. The highest BCUT2D eigenvalue weighted by Gasteiger charge is 2.16. The van der Waals surface area contributed by atoms with Crippen molar-refractivity contribution in [1.29, 1.82) is 0 Å². The summed E-state index contributed by atoms with van der Waals surface area (Å²) in [7, 11) is 0. The Balaban J connectivity index is 2.15. The summed E-state index contributed by atoms with van der Waals surface area (Å²) in [6, 6.07) is 14.5. The molecule has 0 aliphatic heterocycles. The van der Waals surface area contributed by atoms with Crippen LogP contribution in [-0.2, 0) is 0 Å². The van der Waals surface area contributed by atoms with Crippen molar-refractivity contribution in [3.8, 4) is 0 Å². The number of benzene rings is 2. The molecular formula is C17H18BrCl2N. The second kappa shape index (κ2) is 7.64. The molecule has 0 spiro atoms. The van der Waals surface area contributed by atoms with Gasteiger partial charge in [0.05, 0.1) is 0 Å². The Morgan fingerprint density at radius 2 is 1.76 bits per heavy atom. The molecule has 4 heteroatoms. The van der Waals surface area contributed by atoms with E-state index in [2.05, 4.69) is 59.4 Å². The van der Waals surface area contributed by atoms with Gasteiger partial charge >= 0.3 is 0 Å². The molecule has 2 unspecified atom stereocenters. The van der Waals surface area contributed by atoms with Gasteiger partial charge < -0.3 is 5.32 Å². The van der Waals surface area contributed by atoms with Crippen LogP contribution in [0.15, 0.2) is 46.9 Å². The highest BCUT2D eigenvalue weighted by molar-refractivity contribution is 9.10. The molecule has 0 aliphatic carbocycles. The van der Waals surface area contributed by atoms with Gasteiger partial charge in [-0.3, -0.25) is 0 Å². The van der Waals surface area contributed by atoms with E-state index in [4.69, 9.17) is 23.2 Å². The van der Waals surface area contributed by atoms with Crippen molar-refractivity contribution >= 4 is 39.1 Å². The Morgan fingerprint density at radius 1 is 1.10 bits per heavy atom. The van der Waals surface area contributed by atoms with Crippen molar-refractivity contribution < 1.29 is 0 Å². The molecule has 0 radical (unpaired) electrons. The molecule has 2 aromatic carbocycles. The molecule has 21 heavy (non-hydrogen) atoms. The first-order valence-electron chi connectivity index (χ1n) is 6.97. The fraction of sp³-hybridized carbons (Fsp3) is 0.294. The van der Waals surface area contributed by atoms with Crippen molar-refractivity contribution in [2.75, 3.05) is 0 Å². The van der Waals surface area contributed by atoms with E-state index in [1.807, 2.05) is 12.1 Å². The van der Waals surface area contributed by atoms with Gasteiger partial charge in [-0.05, 0) is 48.7 Å². The number of halogens is 3. The van der Waals surface area contributed by atoms with Gasteiger partial charge in [0.25, 0.3) is 0 Å². The zero-order valence-electron chi connectivity index (χ0n) is 12.0. The van der Waals surface area contributed by atoms with E-state index < -0.39 is 0 Å². The maximum Gasteiger partial charge on any atom is 0.0468 e. The second-order valence-electron chi connectivity index (χ2n) is 5.07. The summed E-state index contributed by atoms with van der Waals surface area (Å²) in [5.74, 6) is 0. The van der Waals surface area contributed by atoms with Crippen LogP contribution in [0.3, 0.4) is 0 Å². The third-order valence-corrected chi connectivity index (χ3v) is 4.65.